The maximum Gasteiger partial charge on any atom is 0.306 e. The Hall–Kier alpha value is -0.790. The average molecular weight is 395 g/mol. The fourth-order valence-corrected chi connectivity index (χ4v) is 1.98. The molecule has 116 valence electrons. The summed E-state index contributed by atoms with van der Waals surface area (Å²) in [6.45, 7) is 6.80. The van der Waals surface area contributed by atoms with E-state index >= 15 is 0 Å². The van der Waals surface area contributed by atoms with Crippen LogP contribution in [0.25, 0.3) is 0 Å². The van der Waals surface area contributed by atoms with Crippen LogP contribution in [0.3, 0.4) is 0 Å². The molecule has 0 aromatic carbocycles. The van der Waals surface area contributed by atoms with Crippen LogP contribution in [-0.4, -0.2) is 31.1 Å². The molecule has 0 amide bonds. The van der Waals surface area contributed by atoms with E-state index in [4.69, 9.17) is 10.5 Å². The van der Waals surface area contributed by atoms with Crippen LogP contribution in [0.2, 0.25) is 0 Å². The Morgan fingerprint density at radius 3 is 2.70 bits per heavy atom. The molecule has 0 spiro atoms. The number of aliphatic imine (C=N–C) groups is 1. The first-order valence-electron chi connectivity index (χ1n) is 6.95. The Bertz CT molecular complexity index is 339. The van der Waals surface area contributed by atoms with Crippen LogP contribution in [0, 0.1) is 0 Å². The Balaban J connectivity index is 0.00000361. The summed E-state index contributed by atoms with van der Waals surface area (Å²) < 4.78 is 5.36. The number of guanidine groups is 1. The quantitative estimate of drug-likeness (QED) is 0.173. The summed E-state index contributed by atoms with van der Waals surface area (Å²) in [5.74, 6) is 0.290. The van der Waals surface area contributed by atoms with Crippen LogP contribution in [0.1, 0.15) is 45.4 Å². The largest absolute Gasteiger partial charge is 0.462 e. The van der Waals surface area contributed by atoms with Crippen LogP contribution in [0.5, 0.6) is 0 Å². The van der Waals surface area contributed by atoms with Crippen molar-refractivity contribution in [3.8, 4) is 0 Å². The number of halogens is 1. The third-order valence-corrected chi connectivity index (χ3v) is 2.98. The fourth-order valence-electron chi connectivity index (χ4n) is 1.98. The maximum absolute atomic E-state index is 11.5. The van der Waals surface area contributed by atoms with Crippen LogP contribution in [-0.2, 0) is 9.53 Å². The van der Waals surface area contributed by atoms with E-state index in [9.17, 15) is 4.79 Å². The summed E-state index contributed by atoms with van der Waals surface area (Å²) >= 11 is 0. The van der Waals surface area contributed by atoms with Crippen molar-refractivity contribution < 1.29 is 9.53 Å². The van der Waals surface area contributed by atoms with Crippen LogP contribution in [0.15, 0.2) is 17.1 Å². The molecule has 0 saturated heterocycles. The van der Waals surface area contributed by atoms with Crippen molar-refractivity contribution in [2.45, 2.75) is 51.6 Å². The third-order valence-electron chi connectivity index (χ3n) is 2.98. The van der Waals surface area contributed by atoms with Gasteiger partial charge in [-0.1, -0.05) is 12.2 Å². The number of carbonyl (C=O) groups excluding carboxylic acids is 1. The number of carbonyl (C=O) groups is 1. The first-order chi connectivity index (χ1) is 9.08. The Morgan fingerprint density at radius 2 is 2.10 bits per heavy atom. The maximum atomic E-state index is 11.5. The lowest BCUT2D eigenvalue weighted by Crippen LogP contribution is -2.33. The molecule has 3 N–H and O–H groups in total. The van der Waals surface area contributed by atoms with Crippen molar-refractivity contribution in [2.75, 3.05) is 13.1 Å². The average Bonchev–Trinajstić information content (AvgIpc) is 2.85. The Labute approximate surface area is 138 Å². The van der Waals surface area contributed by atoms with Gasteiger partial charge in [-0.2, -0.15) is 0 Å². The highest BCUT2D eigenvalue weighted by Gasteiger charge is 2.18. The molecular formula is C14H26IN3O2. The van der Waals surface area contributed by atoms with Crippen molar-refractivity contribution in [3.63, 3.8) is 0 Å². The molecular weight excluding hydrogens is 369 g/mol. The topological polar surface area (TPSA) is 76.7 Å². The Kier molecular flexibility index (Phi) is 10.5. The summed E-state index contributed by atoms with van der Waals surface area (Å²) in [7, 11) is 0. The fraction of sp³-hybridized carbons (Fsp3) is 0.714. The number of nitrogens with zero attached hydrogens (tertiary/aromatic N) is 1. The zero-order valence-electron chi connectivity index (χ0n) is 12.2. The minimum Gasteiger partial charge on any atom is -0.462 e. The summed E-state index contributed by atoms with van der Waals surface area (Å²) in [5, 5.41) is 2.97. The number of rotatable bonds is 7. The second-order valence-electron chi connectivity index (χ2n) is 5.09. The molecule has 6 heteroatoms. The highest BCUT2D eigenvalue weighted by atomic mass is 127. The predicted molar refractivity (Wildman–Crippen MR) is 92.3 cm³/mol. The number of ether oxygens (including phenoxy) is 1. The first kappa shape index (κ1) is 19.2. The van der Waals surface area contributed by atoms with Gasteiger partial charge in [0.25, 0.3) is 0 Å². The highest BCUT2D eigenvalue weighted by molar-refractivity contribution is 14.0. The summed E-state index contributed by atoms with van der Waals surface area (Å²) in [6, 6.07) is 0. The van der Waals surface area contributed by atoms with Crippen LogP contribution >= 0.6 is 24.0 Å². The molecule has 1 saturated carbocycles. The van der Waals surface area contributed by atoms with E-state index in [-0.39, 0.29) is 36.0 Å². The van der Waals surface area contributed by atoms with Gasteiger partial charge in [-0.05, 0) is 39.0 Å². The molecule has 0 aromatic rings. The molecule has 0 radical (unpaired) electrons. The lowest BCUT2D eigenvalue weighted by Gasteiger charge is -2.11. The molecule has 1 aliphatic rings. The van der Waals surface area contributed by atoms with E-state index in [0.717, 1.165) is 18.4 Å². The van der Waals surface area contributed by atoms with E-state index in [1.54, 1.807) is 0 Å². The number of esters is 1. The molecule has 20 heavy (non-hydrogen) atoms. The molecule has 0 unspecified atom stereocenters. The van der Waals surface area contributed by atoms with Gasteiger partial charge in [-0.25, -0.2) is 4.99 Å². The van der Waals surface area contributed by atoms with Crippen molar-refractivity contribution >= 4 is 35.9 Å². The minimum absolute atomic E-state index is 0. The van der Waals surface area contributed by atoms with Gasteiger partial charge in [-0.3, -0.25) is 4.79 Å². The van der Waals surface area contributed by atoms with Gasteiger partial charge in [0.15, 0.2) is 5.96 Å². The normalized spacial score (nSPS) is 15.6. The smallest absolute Gasteiger partial charge is 0.306 e. The molecule has 0 heterocycles. The highest BCUT2D eigenvalue weighted by Crippen LogP contribution is 2.21. The zero-order chi connectivity index (χ0) is 14.1. The van der Waals surface area contributed by atoms with Crippen molar-refractivity contribution in [1.82, 2.24) is 5.32 Å². The number of hydrogen-bond acceptors (Lipinski definition) is 3. The van der Waals surface area contributed by atoms with Gasteiger partial charge in [0.05, 0.1) is 6.54 Å². The standard InChI is InChI=1S/C14H25N3O2.HI/c1-11(2)10-17-14(15)16-9-5-8-13(18)19-12-6-3-4-7-12;/h12H,1,3-10H2,2H3,(H3,15,16,17);1H. The lowest BCUT2D eigenvalue weighted by molar-refractivity contribution is -0.148. The molecule has 5 nitrogen and oxygen atoms in total. The first-order valence-corrected chi connectivity index (χ1v) is 6.95. The van der Waals surface area contributed by atoms with E-state index < -0.39 is 0 Å². The van der Waals surface area contributed by atoms with Gasteiger partial charge in [0.1, 0.15) is 6.10 Å². The Morgan fingerprint density at radius 1 is 1.45 bits per heavy atom. The second-order valence-corrected chi connectivity index (χ2v) is 5.09. The molecule has 1 aliphatic carbocycles. The second kappa shape index (κ2) is 10.9. The van der Waals surface area contributed by atoms with Gasteiger partial charge in [-0.15, -0.1) is 24.0 Å². The van der Waals surface area contributed by atoms with Crippen molar-refractivity contribution in [1.29, 1.82) is 0 Å². The van der Waals surface area contributed by atoms with Gasteiger partial charge in [0, 0.05) is 13.0 Å². The molecule has 0 aromatic heterocycles. The zero-order valence-corrected chi connectivity index (χ0v) is 14.5. The molecule has 0 aliphatic heterocycles. The molecule has 0 bridgehead atoms. The van der Waals surface area contributed by atoms with Gasteiger partial charge < -0.3 is 15.8 Å². The number of nitrogens with two attached hydrogens (primary N) is 1. The summed E-state index contributed by atoms with van der Waals surface area (Å²) in [4.78, 5) is 15.6. The molecule has 1 fully saturated rings. The van der Waals surface area contributed by atoms with E-state index in [2.05, 4.69) is 16.9 Å². The van der Waals surface area contributed by atoms with Crippen LogP contribution < -0.4 is 11.1 Å². The number of nitrogens with one attached hydrogen (secondary N) is 1. The van der Waals surface area contributed by atoms with Gasteiger partial charge >= 0.3 is 5.97 Å². The summed E-state index contributed by atoms with van der Waals surface area (Å²) in [5.41, 5.74) is 6.62. The lowest BCUT2D eigenvalue weighted by atomic mass is 10.3. The summed E-state index contributed by atoms with van der Waals surface area (Å²) in [6.07, 6.45) is 5.67. The minimum atomic E-state index is -0.105. The van der Waals surface area contributed by atoms with Crippen LogP contribution in [0.4, 0.5) is 0 Å². The number of hydrogen-bond donors (Lipinski definition) is 2. The van der Waals surface area contributed by atoms with Gasteiger partial charge in [0.2, 0.25) is 0 Å². The monoisotopic (exact) mass is 395 g/mol. The van der Waals surface area contributed by atoms with Crippen molar-refractivity contribution in [3.05, 3.63) is 12.2 Å². The van der Waals surface area contributed by atoms with Crippen molar-refractivity contribution in [2.24, 2.45) is 10.7 Å². The molecule has 1 rings (SSSR count). The van der Waals surface area contributed by atoms with E-state index in [0.29, 0.717) is 31.9 Å². The van der Waals surface area contributed by atoms with E-state index in [1.165, 1.54) is 12.8 Å². The SMILES string of the molecule is C=C(C)CN=C(N)NCCCC(=O)OC1CCCC1.I. The van der Waals surface area contributed by atoms with E-state index in [1.807, 2.05) is 6.92 Å². The third kappa shape index (κ3) is 9.17. The molecule has 0 atom stereocenters. The predicted octanol–water partition coefficient (Wildman–Crippen LogP) is 2.35.